The van der Waals surface area contributed by atoms with Crippen LogP contribution in [0.3, 0.4) is 0 Å². The number of aryl methyl sites for hydroxylation is 1. The number of anilines is 1. The maximum atomic E-state index is 13.1. The van der Waals surface area contributed by atoms with Gasteiger partial charge >= 0.3 is 0 Å². The quantitative estimate of drug-likeness (QED) is 0.304. The molecular weight excluding hydrogens is 544 g/mol. The van der Waals surface area contributed by atoms with Crippen LogP contribution in [0.15, 0.2) is 67.0 Å². The SMILES string of the molecule is C/C(=C\c1c(-n2ccnc2)n[nH]c1C)C(=O)NC1CCN(CC(=O)N2CCN(c3ccc(-c4ncccn4)cc3)CC2)C1. The van der Waals surface area contributed by atoms with Gasteiger partial charge in [0.15, 0.2) is 11.6 Å². The van der Waals surface area contributed by atoms with Gasteiger partial charge in [-0.15, -0.1) is 0 Å². The van der Waals surface area contributed by atoms with Crippen LogP contribution in [0.25, 0.3) is 23.3 Å². The van der Waals surface area contributed by atoms with Gasteiger partial charge in [-0.3, -0.25) is 24.2 Å². The van der Waals surface area contributed by atoms with E-state index in [-0.39, 0.29) is 17.9 Å². The third-order valence-corrected chi connectivity index (χ3v) is 8.10. The summed E-state index contributed by atoms with van der Waals surface area (Å²) < 4.78 is 1.81. The molecule has 12 heteroatoms. The van der Waals surface area contributed by atoms with Gasteiger partial charge in [0.05, 0.1) is 6.54 Å². The summed E-state index contributed by atoms with van der Waals surface area (Å²) in [6.45, 7) is 8.50. The molecule has 0 aliphatic carbocycles. The first-order valence-electron chi connectivity index (χ1n) is 14.6. The summed E-state index contributed by atoms with van der Waals surface area (Å²) >= 11 is 0. The third-order valence-electron chi connectivity index (χ3n) is 8.10. The standard InChI is InChI=1S/C31H36N10O2/c1-22(18-27-23(2)36-37-30(27)41-13-11-32-21-41)31(43)35-25-8-12-38(19-25)20-28(42)40-16-14-39(15-17-40)26-6-4-24(5-7-26)29-33-9-3-10-34-29/h3-7,9-11,13,18,21,25H,8,12,14-17,19-20H2,1-2H3,(H,35,43)(H,36,37)/b22-18+. The fraction of sp³-hybridized carbons (Fsp3) is 0.355. The van der Waals surface area contributed by atoms with E-state index in [4.69, 9.17) is 0 Å². The molecule has 2 fully saturated rings. The number of imidazole rings is 1. The Bertz CT molecular complexity index is 1570. The molecule has 6 rings (SSSR count). The fourth-order valence-corrected chi connectivity index (χ4v) is 5.63. The molecule has 12 nitrogen and oxygen atoms in total. The highest BCUT2D eigenvalue weighted by Crippen LogP contribution is 2.22. The van der Waals surface area contributed by atoms with Crippen LogP contribution in [0.4, 0.5) is 5.69 Å². The van der Waals surface area contributed by atoms with E-state index in [0.717, 1.165) is 48.6 Å². The van der Waals surface area contributed by atoms with E-state index in [2.05, 4.69) is 52.4 Å². The maximum absolute atomic E-state index is 13.1. The summed E-state index contributed by atoms with van der Waals surface area (Å²) in [5.41, 5.74) is 4.44. The predicted molar refractivity (Wildman–Crippen MR) is 163 cm³/mol. The molecule has 0 radical (unpaired) electrons. The van der Waals surface area contributed by atoms with Gasteiger partial charge < -0.3 is 15.1 Å². The van der Waals surface area contributed by atoms with E-state index in [1.807, 2.05) is 46.9 Å². The van der Waals surface area contributed by atoms with Gasteiger partial charge in [0.25, 0.3) is 0 Å². The lowest BCUT2D eigenvalue weighted by Gasteiger charge is -2.36. The normalized spacial score (nSPS) is 17.8. The van der Waals surface area contributed by atoms with Crippen LogP contribution in [-0.2, 0) is 9.59 Å². The highest BCUT2D eigenvalue weighted by atomic mass is 16.2. The van der Waals surface area contributed by atoms with Crippen molar-refractivity contribution < 1.29 is 9.59 Å². The Labute approximate surface area is 250 Å². The smallest absolute Gasteiger partial charge is 0.247 e. The number of hydrogen-bond donors (Lipinski definition) is 2. The van der Waals surface area contributed by atoms with Crippen LogP contribution < -0.4 is 10.2 Å². The summed E-state index contributed by atoms with van der Waals surface area (Å²) in [5.74, 6) is 1.44. The summed E-state index contributed by atoms with van der Waals surface area (Å²) in [6.07, 6.45) is 11.3. The minimum Gasteiger partial charge on any atom is -0.368 e. The zero-order chi connectivity index (χ0) is 29.8. The Morgan fingerprint density at radius 1 is 1.05 bits per heavy atom. The Balaban J connectivity index is 0.964. The highest BCUT2D eigenvalue weighted by molar-refractivity contribution is 5.98. The monoisotopic (exact) mass is 580 g/mol. The van der Waals surface area contributed by atoms with Crippen LogP contribution in [-0.4, -0.2) is 103 Å². The number of H-pyrrole nitrogens is 1. The molecule has 4 aromatic rings. The van der Waals surface area contributed by atoms with E-state index >= 15 is 0 Å². The van der Waals surface area contributed by atoms with Crippen molar-refractivity contribution in [2.75, 3.05) is 50.7 Å². The molecule has 222 valence electrons. The first-order valence-corrected chi connectivity index (χ1v) is 14.6. The van der Waals surface area contributed by atoms with E-state index in [1.54, 1.807) is 31.8 Å². The van der Waals surface area contributed by atoms with E-state index in [0.29, 0.717) is 43.4 Å². The third kappa shape index (κ3) is 6.49. The first kappa shape index (κ1) is 28.3. The summed E-state index contributed by atoms with van der Waals surface area (Å²) in [6, 6.07) is 10.1. The number of likely N-dealkylation sites (tertiary alicyclic amines) is 1. The van der Waals surface area contributed by atoms with Crippen LogP contribution in [0.2, 0.25) is 0 Å². The average molecular weight is 581 g/mol. The zero-order valence-corrected chi connectivity index (χ0v) is 24.5. The predicted octanol–water partition coefficient (Wildman–Crippen LogP) is 2.30. The number of benzene rings is 1. The Hall–Kier alpha value is -4.84. The molecule has 0 spiro atoms. The number of hydrogen-bond acceptors (Lipinski definition) is 8. The van der Waals surface area contributed by atoms with Crippen molar-refractivity contribution in [2.45, 2.75) is 26.3 Å². The molecule has 3 aromatic heterocycles. The molecule has 0 saturated carbocycles. The number of carbonyl (C=O) groups excluding carboxylic acids is 2. The Kier molecular flexibility index (Phi) is 8.27. The van der Waals surface area contributed by atoms with Crippen molar-refractivity contribution >= 4 is 23.6 Å². The van der Waals surface area contributed by atoms with Gasteiger partial charge in [-0.2, -0.15) is 5.10 Å². The summed E-state index contributed by atoms with van der Waals surface area (Å²) in [4.78, 5) is 45.2. The molecule has 1 atom stereocenters. The number of piperazine rings is 1. The molecule has 0 bridgehead atoms. The van der Waals surface area contributed by atoms with Gasteiger partial charge in [-0.1, -0.05) is 0 Å². The van der Waals surface area contributed by atoms with E-state index in [1.165, 1.54) is 0 Å². The van der Waals surface area contributed by atoms with Crippen molar-refractivity contribution in [3.8, 4) is 17.2 Å². The largest absolute Gasteiger partial charge is 0.368 e. The lowest BCUT2D eigenvalue weighted by molar-refractivity contribution is -0.132. The molecule has 2 N–H and O–H groups in total. The van der Waals surface area contributed by atoms with Gasteiger partial charge in [0.1, 0.15) is 6.33 Å². The van der Waals surface area contributed by atoms with Crippen LogP contribution in [0, 0.1) is 6.92 Å². The number of aromatic amines is 1. The van der Waals surface area contributed by atoms with Crippen molar-refractivity contribution in [3.05, 3.63) is 78.3 Å². The van der Waals surface area contributed by atoms with Crippen LogP contribution in [0.5, 0.6) is 0 Å². The minimum absolute atomic E-state index is 0.00307. The van der Waals surface area contributed by atoms with Gasteiger partial charge in [0, 0.05) is 98.2 Å². The lowest BCUT2D eigenvalue weighted by Crippen LogP contribution is -2.51. The average Bonchev–Trinajstić information content (AvgIpc) is 3.80. The number of carbonyl (C=O) groups is 2. The number of rotatable bonds is 8. The molecule has 2 aliphatic rings. The molecule has 2 saturated heterocycles. The topological polar surface area (TPSA) is 128 Å². The van der Waals surface area contributed by atoms with Gasteiger partial charge in [0.2, 0.25) is 11.8 Å². The van der Waals surface area contributed by atoms with Crippen molar-refractivity contribution in [3.63, 3.8) is 0 Å². The maximum Gasteiger partial charge on any atom is 0.247 e. The number of nitrogens with zero attached hydrogens (tertiary/aromatic N) is 8. The number of amides is 2. The number of nitrogens with one attached hydrogen (secondary N) is 2. The second kappa shape index (κ2) is 12.6. The first-order chi connectivity index (χ1) is 20.9. The molecular formula is C31H36N10O2. The summed E-state index contributed by atoms with van der Waals surface area (Å²) in [5, 5.41) is 10.5. The molecule has 1 unspecified atom stereocenters. The second-order valence-corrected chi connectivity index (χ2v) is 11.1. The Morgan fingerprint density at radius 3 is 2.53 bits per heavy atom. The zero-order valence-electron chi connectivity index (χ0n) is 24.5. The molecule has 2 aliphatic heterocycles. The lowest BCUT2D eigenvalue weighted by atomic mass is 10.1. The van der Waals surface area contributed by atoms with Crippen molar-refractivity contribution in [2.24, 2.45) is 0 Å². The minimum atomic E-state index is -0.115. The Morgan fingerprint density at radius 2 is 1.81 bits per heavy atom. The molecule has 43 heavy (non-hydrogen) atoms. The van der Waals surface area contributed by atoms with E-state index < -0.39 is 0 Å². The summed E-state index contributed by atoms with van der Waals surface area (Å²) in [7, 11) is 0. The highest BCUT2D eigenvalue weighted by Gasteiger charge is 2.28. The number of aromatic nitrogens is 6. The second-order valence-electron chi connectivity index (χ2n) is 11.1. The van der Waals surface area contributed by atoms with Gasteiger partial charge in [-0.05, 0) is 56.7 Å². The molecule has 2 amide bonds. The van der Waals surface area contributed by atoms with Gasteiger partial charge in [-0.25, -0.2) is 15.0 Å². The van der Waals surface area contributed by atoms with Crippen molar-refractivity contribution in [1.82, 2.24) is 44.8 Å². The van der Waals surface area contributed by atoms with Crippen molar-refractivity contribution in [1.29, 1.82) is 0 Å². The van der Waals surface area contributed by atoms with Crippen LogP contribution in [0.1, 0.15) is 24.6 Å². The van der Waals surface area contributed by atoms with E-state index in [9.17, 15) is 9.59 Å². The van der Waals surface area contributed by atoms with Crippen LogP contribution >= 0.6 is 0 Å². The molecule has 1 aromatic carbocycles. The fourth-order valence-electron chi connectivity index (χ4n) is 5.63. The molecule has 5 heterocycles.